The molecule has 0 spiro atoms. The molecule has 130 valence electrons. The summed E-state index contributed by atoms with van der Waals surface area (Å²) in [5.41, 5.74) is 1.47. The predicted molar refractivity (Wildman–Crippen MR) is 86.4 cm³/mol. The highest BCUT2D eigenvalue weighted by atomic mass is 16.6. The molecule has 4 atom stereocenters. The topological polar surface area (TPSA) is 113 Å². The van der Waals surface area contributed by atoms with E-state index in [4.69, 9.17) is 4.74 Å². The molecule has 4 rings (SSSR count). The molecular formula is C16H22N4O4. The SMILES string of the molecule is OCC1OC(n2cnc3c(NC4CCCC4)nccc32)C(O)C1O. The van der Waals surface area contributed by atoms with Crippen LogP contribution in [0.15, 0.2) is 18.6 Å². The molecule has 3 heterocycles. The van der Waals surface area contributed by atoms with E-state index < -0.39 is 24.5 Å². The lowest BCUT2D eigenvalue weighted by molar-refractivity contribution is -0.0508. The van der Waals surface area contributed by atoms with Crippen LogP contribution in [-0.2, 0) is 4.74 Å². The van der Waals surface area contributed by atoms with Gasteiger partial charge in [0.1, 0.15) is 23.8 Å². The first-order valence-corrected chi connectivity index (χ1v) is 8.39. The van der Waals surface area contributed by atoms with Crippen LogP contribution >= 0.6 is 0 Å². The number of rotatable bonds is 4. The normalized spacial score (nSPS) is 31.1. The number of nitrogens with zero attached hydrogens (tertiary/aromatic N) is 3. The number of anilines is 1. The Balaban J connectivity index is 1.65. The minimum atomic E-state index is -1.13. The summed E-state index contributed by atoms with van der Waals surface area (Å²) < 4.78 is 7.27. The zero-order valence-electron chi connectivity index (χ0n) is 13.2. The average molecular weight is 334 g/mol. The summed E-state index contributed by atoms with van der Waals surface area (Å²) in [5, 5.41) is 32.9. The molecule has 8 nitrogen and oxygen atoms in total. The van der Waals surface area contributed by atoms with E-state index in [9.17, 15) is 15.3 Å². The number of nitrogens with one attached hydrogen (secondary N) is 1. The number of fused-ring (bicyclic) bond motifs is 1. The molecule has 1 saturated heterocycles. The second kappa shape index (κ2) is 6.29. The first-order valence-electron chi connectivity index (χ1n) is 8.39. The minimum absolute atomic E-state index is 0.350. The minimum Gasteiger partial charge on any atom is -0.394 e. The second-order valence-corrected chi connectivity index (χ2v) is 6.53. The number of aliphatic hydroxyl groups excluding tert-OH is 3. The van der Waals surface area contributed by atoms with Crippen LogP contribution < -0.4 is 5.32 Å². The van der Waals surface area contributed by atoms with E-state index in [0.717, 1.165) is 24.2 Å². The highest BCUT2D eigenvalue weighted by Crippen LogP contribution is 2.33. The molecule has 2 aliphatic rings. The predicted octanol–water partition coefficient (Wildman–Crippen LogP) is 0.397. The summed E-state index contributed by atoms with van der Waals surface area (Å²) in [5.74, 6) is 0.727. The van der Waals surface area contributed by atoms with Crippen molar-refractivity contribution < 1.29 is 20.1 Å². The van der Waals surface area contributed by atoms with Crippen molar-refractivity contribution in [1.29, 1.82) is 0 Å². The Morgan fingerprint density at radius 1 is 1.21 bits per heavy atom. The fourth-order valence-corrected chi connectivity index (χ4v) is 3.64. The van der Waals surface area contributed by atoms with Crippen molar-refractivity contribution in [2.24, 2.45) is 0 Å². The monoisotopic (exact) mass is 334 g/mol. The fourth-order valence-electron chi connectivity index (χ4n) is 3.64. The third-order valence-corrected chi connectivity index (χ3v) is 4.98. The van der Waals surface area contributed by atoms with Gasteiger partial charge in [-0.15, -0.1) is 0 Å². The largest absolute Gasteiger partial charge is 0.394 e. The number of pyridine rings is 1. The summed E-state index contributed by atoms with van der Waals surface area (Å²) in [4.78, 5) is 8.81. The van der Waals surface area contributed by atoms with Crippen LogP contribution in [0.5, 0.6) is 0 Å². The summed E-state index contributed by atoms with van der Waals surface area (Å²) in [6.07, 6.45) is 4.14. The van der Waals surface area contributed by atoms with Crippen LogP contribution in [0, 0.1) is 0 Å². The molecule has 24 heavy (non-hydrogen) atoms. The van der Waals surface area contributed by atoms with Gasteiger partial charge in [0, 0.05) is 12.2 Å². The Morgan fingerprint density at radius 3 is 2.71 bits per heavy atom. The summed E-state index contributed by atoms with van der Waals surface area (Å²) in [6, 6.07) is 2.22. The van der Waals surface area contributed by atoms with Gasteiger partial charge in [0.05, 0.1) is 18.5 Å². The molecule has 4 unspecified atom stereocenters. The van der Waals surface area contributed by atoms with E-state index in [1.54, 1.807) is 23.2 Å². The lowest BCUT2D eigenvalue weighted by atomic mass is 10.1. The Kier molecular flexibility index (Phi) is 4.13. The molecule has 0 radical (unpaired) electrons. The lowest BCUT2D eigenvalue weighted by Gasteiger charge is -2.17. The maximum absolute atomic E-state index is 10.2. The Morgan fingerprint density at radius 2 is 2.00 bits per heavy atom. The first kappa shape index (κ1) is 15.8. The third kappa shape index (κ3) is 2.55. The van der Waals surface area contributed by atoms with Crippen molar-refractivity contribution in [1.82, 2.24) is 14.5 Å². The standard InChI is InChI=1S/C16H22N4O4/c21-7-11-13(22)14(23)16(24-11)20-8-18-12-10(20)5-6-17-15(12)19-9-3-1-2-4-9/h5-6,8-9,11,13-14,16,21-23H,1-4,7H2,(H,17,19). The van der Waals surface area contributed by atoms with Crippen LogP contribution in [0.1, 0.15) is 31.9 Å². The van der Waals surface area contributed by atoms with Gasteiger partial charge >= 0.3 is 0 Å². The van der Waals surface area contributed by atoms with Crippen molar-refractivity contribution in [3.63, 3.8) is 0 Å². The van der Waals surface area contributed by atoms with Crippen LogP contribution in [0.2, 0.25) is 0 Å². The van der Waals surface area contributed by atoms with Crippen molar-refractivity contribution in [3.8, 4) is 0 Å². The highest BCUT2D eigenvalue weighted by Gasteiger charge is 2.43. The summed E-state index contributed by atoms with van der Waals surface area (Å²) in [6.45, 7) is -0.350. The average Bonchev–Trinajstić information content (AvgIpc) is 3.30. The van der Waals surface area contributed by atoms with E-state index in [0.29, 0.717) is 11.6 Å². The van der Waals surface area contributed by atoms with Crippen molar-refractivity contribution in [2.75, 3.05) is 11.9 Å². The van der Waals surface area contributed by atoms with E-state index in [2.05, 4.69) is 15.3 Å². The van der Waals surface area contributed by atoms with E-state index in [1.165, 1.54) is 12.8 Å². The van der Waals surface area contributed by atoms with Gasteiger partial charge < -0.3 is 29.9 Å². The van der Waals surface area contributed by atoms with Gasteiger partial charge in [0.15, 0.2) is 12.0 Å². The molecule has 0 amide bonds. The molecule has 1 aliphatic carbocycles. The molecule has 1 saturated carbocycles. The first-order chi connectivity index (χ1) is 11.7. The van der Waals surface area contributed by atoms with Gasteiger partial charge in [-0.25, -0.2) is 9.97 Å². The van der Waals surface area contributed by atoms with Crippen LogP contribution in [-0.4, -0.2) is 60.8 Å². The molecule has 4 N–H and O–H groups in total. The molecule has 2 fully saturated rings. The summed E-state index contributed by atoms with van der Waals surface area (Å²) in [7, 11) is 0. The maximum atomic E-state index is 10.2. The lowest BCUT2D eigenvalue weighted by Crippen LogP contribution is -2.33. The zero-order valence-corrected chi connectivity index (χ0v) is 13.2. The number of aliphatic hydroxyl groups is 3. The quantitative estimate of drug-likeness (QED) is 0.640. The van der Waals surface area contributed by atoms with E-state index >= 15 is 0 Å². The molecule has 2 aromatic rings. The maximum Gasteiger partial charge on any atom is 0.164 e. The van der Waals surface area contributed by atoms with Crippen molar-refractivity contribution in [3.05, 3.63) is 18.6 Å². The van der Waals surface area contributed by atoms with Crippen molar-refractivity contribution in [2.45, 2.75) is 56.3 Å². The molecular weight excluding hydrogens is 312 g/mol. The van der Waals surface area contributed by atoms with Gasteiger partial charge in [-0.05, 0) is 18.9 Å². The Bertz CT molecular complexity index is 715. The van der Waals surface area contributed by atoms with Gasteiger partial charge in [-0.1, -0.05) is 12.8 Å². The van der Waals surface area contributed by atoms with E-state index in [-0.39, 0.29) is 6.61 Å². The van der Waals surface area contributed by atoms with Crippen LogP contribution in [0.25, 0.3) is 11.0 Å². The van der Waals surface area contributed by atoms with Gasteiger partial charge in [-0.2, -0.15) is 0 Å². The fraction of sp³-hybridized carbons (Fsp3) is 0.625. The molecule has 2 aromatic heterocycles. The highest BCUT2D eigenvalue weighted by molar-refractivity contribution is 5.86. The van der Waals surface area contributed by atoms with Gasteiger partial charge in [0.2, 0.25) is 0 Å². The van der Waals surface area contributed by atoms with Gasteiger partial charge in [-0.3, -0.25) is 0 Å². The van der Waals surface area contributed by atoms with Gasteiger partial charge in [0.25, 0.3) is 0 Å². The molecule has 1 aliphatic heterocycles. The number of imidazole rings is 1. The van der Waals surface area contributed by atoms with E-state index in [1.807, 2.05) is 0 Å². The number of ether oxygens (including phenoxy) is 1. The molecule has 0 bridgehead atoms. The smallest absolute Gasteiger partial charge is 0.164 e. The molecule has 8 heteroatoms. The number of hydrogen-bond acceptors (Lipinski definition) is 7. The zero-order chi connectivity index (χ0) is 16.7. The van der Waals surface area contributed by atoms with Crippen LogP contribution in [0.4, 0.5) is 5.82 Å². The number of hydrogen-bond donors (Lipinski definition) is 4. The van der Waals surface area contributed by atoms with Crippen LogP contribution in [0.3, 0.4) is 0 Å². The second-order valence-electron chi connectivity index (χ2n) is 6.53. The van der Waals surface area contributed by atoms with Crippen molar-refractivity contribution >= 4 is 16.9 Å². The Hall–Kier alpha value is -1.74. The Labute approximate surface area is 139 Å². The molecule has 0 aromatic carbocycles. The number of aromatic nitrogens is 3. The third-order valence-electron chi connectivity index (χ3n) is 4.98. The summed E-state index contributed by atoms with van der Waals surface area (Å²) >= 11 is 0.